The number of piperidine rings is 1. The van der Waals surface area contributed by atoms with Crippen molar-refractivity contribution in [1.29, 1.82) is 0 Å². The molecular formula is C18H24N2O. The van der Waals surface area contributed by atoms with Gasteiger partial charge in [-0.15, -0.1) is 0 Å². The highest BCUT2D eigenvalue weighted by Gasteiger charge is 2.22. The predicted octanol–water partition coefficient (Wildman–Crippen LogP) is 2.79. The SMILES string of the molecule is CC(=O)N1CCC(c2cccc(C3=CCCNC3)c2)CC1. The van der Waals surface area contributed by atoms with Gasteiger partial charge in [-0.05, 0) is 48.4 Å². The first-order valence-corrected chi connectivity index (χ1v) is 7.99. The molecule has 3 heteroatoms. The summed E-state index contributed by atoms with van der Waals surface area (Å²) in [4.78, 5) is 13.4. The van der Waals surface area contributed by atoms with Crippen molar-refractivity contribution in [3.8, 4) is 0 Å². The fraction of sp³-hybridized carbons (Fsp3) is 0.500. The number of carbonyl (C=O) groups is 1. The molecule has 0 bridgehead atoms. The second-order valence-electron chi connectivity index (χ2n) is 6.10. The Labute approximate surface area is 127 Å². The van der Waals surface area contributed by atoms with Gasteiger partial charge in [0.15, 0.2) is 0 Å². The zero-order valence-electron chi connectivity index (χ0n) is 12.8. The minimum atomic E-state index is 0.209. The van der Waals surface area contributed by atoms with E-state index in [9.17, 15) is 4.79 Å². The van der Waals surface area contributed by atoms with Gasteiger partial charge in [0.05, 0.1) is 0 Å². The average molecular weight is 284 g/mol. The van der Waals surface area contributed by atoms with Crippen LogP contribution in [0.15, 0.2) is 30.3 Å². The molecule has 21 heavy (non-hydrogen) atoms. The van der Waals surface area contributed by atoms with Gasteiger partial charge >= 0.3 is 0 Å². The maximum atomic E-state index is 11.4. The lowest BCUT2D eigenvalue weighted by Crippen LogP contribution is -2.36. The summed E-state index contributed by atoms with van der Waals surface area (Å²) in [5.41, 5.74) is 4.21. The Bertz CT molecular complexity index is 542. The van der Waals surface area contributed by atoms with E-state index in [0.717, 1.165) is 45.4 Å². The summed E-state index contributed by atoms with van der Waals surface area (Å²) in [5.74, 6) is 0.804. The van der Waals surface area contributed by atoms with Crippen LogP contribution in [0.2, 0.25) is 0 Å². The number of likely N-dealkylation sites (tertiary alicyclic amines) is 1. The number of hydrogen-bond acceptors (Lipinski definition) is 2. The van der Waals surface area contributed by atoms with Gasteiger partial charge in [0, 0.05) is 26.6 Å². The number of nitrogens with zero attached hydrogens (tertiary/aromatic N) is 1. The summed E-state index contributed by atoms with van der Waals surface area (Å²) in [7, 11) is 0. The topological polar surface area (TPSA) is 32.3 Å². The quantitative estimate of drug-likeness (QED) is 0.905. The molecule has 1 aromatic carbocycles. The largest absolute Gasteiger partial charge is 0.343 e. The van der Waals surface area contributed by atoms with Crippen LogP contribution >= 0.6 is 0 Å². The van der Waals surface area contributed by atoms with Crippen LogP contribution < -0.4 is 5.32 Å². The molecule has 1 N–H and O–H groups in total. The van der Waals surface area contributed by atoms with Crippen LogP contribution in [0.4, 0.5) is 0 Å². The molecule has 1 fully saturated rings. The van der Waals surface area contributed by atoms with Crippen molar-refractivity contribution in [3.05, 3.63) is 41.5 Å². The van der Waals surface area contributed by atoms with Crippen LogP contribution in [0, 0.1) is 0 Å². The Morgan fingerprint density at radius 1 is 1.29 bits per heavy atom. The van der Waals surface area contributed by atoms with Crippen molar-refractivity contribution in [2.24, 2.45) is 0 Å². The highest BCUT2D eigenvalue weighted by Crippen LogP contribution is 2.30. The van der Waals surface area contributed by atoms with Gasteiger partial charge in [0.1, 0.15) is 0 Å². The standard InChI is InChI=1S/C18H24N2O/c1-14(21)20-10-7-15(8-11-20)16-4-2-5-17(12-16)18-6-3-9-19-13-18/h2,4-6,12,15,19H,3,7-11,13H2,1H3. The predicted molar refractivity (Wildman–Crippen MR) is 86.1 cm³/mol. The highest BCUT2D eigenvalue weighted by atomic mass is 16.2. The molecular weight excluding hydrogens is 260 g/mol. The van der Waals surface area contributed by atoms with Crippen molar-refractivity contribution >= 4 is 11.5 Å². The van der Waals surface area contributed by atoms with Gasteiger partial charge in [0.2, 0.25) is 5.91 Å². The lowest BCUT2D eigenvalue weighted by molar-refractivity contribution is -0.129. The van der Waals surface area contributed by atoms with E-state index in [-0.39, 0.29) is 5.91 Å². The van der Waals surface area contributed by atoms with E-state index in [0.29, 0.717) is 5.92 Å². The van der Waals surface area contributed by atoms with Crippen LogP contribution in [0.5, 0.6) is 0 Å². The monoisotopic (exact) mass is 284 g/mol. The molecule has 3 rings (SSSR count). The van der Waals surface area contributed by atoms with Crippen molar-refractivity contribution in [2.45, 2.75) is 32.1 Å². The lowest BCUT2D eigenvalue weighted by Gasteiger charge is -2.31. The molecule has 0 aromatic heterocycles. The Morgan fingerprint density at radius 3 is 2.76 bits per heavy atom. The van der Waals surface area contributed by atoms with E-state index < -0.39 is 0 Å². The van der Waals surface area contributed by atoms with Crippen LogP contribution in [0.1, 0.15) is 43.2 Å². The molecule has 2 aliphatic heterocycles. The van der Waals surface area contributed by atoms with Crippen LogP contribution in [0.3, 0.4) is 0 Å². The zero-order chi connectivity index (χ0) is 14.7. The van der Waals surface area contributed by atoms with Crippen molar-refractivity contribution in [3.63, 3.8) is 0 Å². The number of benzene rings is 1. The van der Waals surface area contributed by atoms with Crippen LogP contribution in [0.25, 0.3) is 5.57 Å². The fourth-order valence-corrected chi connectivity index (χ4v) is 3.38. The molecule has 112 valence electrons. The van der Waals surface area contributed by atoms with Gasteiger partial charge in [-0.2, -0.15) is 0 Å². The molecule has 1 aromatic rings. The Balaban J connectivity index is 1.72. The van der Waals surface area contributed by atoms with Crippen LogP contribution in [-0.4, -0.2) is 37.0 Å². The molecule has 0 unspecified atom stereocenters. The molecule has 0 spiro atoms. The van der Waals surface area contributed by atoms with E-state index in [2.05, 4.69) is 35.7 Å². The lowest BCUT2D eigenvalue weighted by atomic mass is 9.87. The van der Waals surface area contributed by atoms with Crippen LogP contribution in [-0.2, 0) is 4.79 Å². The Kier molecular flexibility index (Phi) is 4.39. The Hall–Kier alpha value is -1.61. The van der Waals surface area contributed by atoms with E-state index in [4.69, 9.17) is 0 Å². The van der Waals surface area contributed by atoms with Crippen molar-refractivity contribution in [2.75, 3.05) is 26.2 Å². The third-order valence-electron chi connectivity index (χ3n) is 4.70. The number of hydrogen-bond donors (Lipinski definition) is 1. The van der Waals surface area contributed by atoms with E-state index in [1.165, 1.54) is 16.7 Å². The fourth-order valence-electron chi connectivity index (χ4n) is 3.38. The minimum absolute atomic E-state index is 0.209. The van der Waals surface area contributed by atoms with Crippen molar-refractivity contribution < 1.29 is 4.79 Å². The van der Waals surface area contributed by atoms with Gasteiger partial charge in [-0.25, -0.2) is 0 Å². The maximum Gasteiger partial charge on any atom is 0.219 e. The van der Waals surface area contributed by atoms with Crippen molar-refractivity contribution in [1.82, 2.24) is 10.2 Å². The summed E-state index contributed by atoms with van der Waals surface area (Å²) < 4.78 is 0. The molecule has 1 amide bonds. The third-order valence-corrected chi connectivity index (χ3v) is 4.70. The summed E-state index contributed by atoms with van der Waals surface area (Å²) in [6.07, 6.45) is 5.64. The molecule has 0 aliphatic carbocycles. The summed E-state index contributed by atoms with van der Waals surface area (Å²) in [5, 5.41) is 3.44. The average Bonchev–Trinajstić information content (AvgIpc) is 2.56. The van der Waals surface area contributed by atoms with E-state index in [1.807, 2.05) is 4.90 Å². The number of nitrogens with one attached hydrogen (secondary N) is 1. The highest BCUT2D eigenvalue weighted by molar-refractivity contribution is 5.73. The molecule has 2 aliphatic rings. The molecule has 1 saturated heterocycles. The summed E-state index contributed by atoms with van der Waals surface area (Å²) in [6.45, 7) is 5.53. The second-order valence-corrected chi connectivity index (χ2v) is 6.10. The number of rotatable bonds is 2. The molecule has 3 nitrogen and oxygen atoms in total. The van der Waals surface area contributed by atoms with Gasteiger partial charge in [0.25, 0.3) is 0 Å². The molecule has 0 radical (unpaired) electrons. The Morgan fingerprint density at radius 2 is 2.10 bits per heavy atom. The molecule has 2 heterocycles. The summed E-state index contributed by atoms with van der Waals surface area (Å²) in [6, 6.07) is 8.99. The summed E-state index contributed by atoms with van der Waals surface area (Å²) >= 11 is 0. The van der Waals surface area contributed by atoms with Gasteiger partial charge in [-0.1, -0.05) is 30.3 Å². The minimum Gasteiger partial charge on any atom is -0.343 e. The normalized spacial score (nSPS) is 20.2. The first-order valence-electron chi connectivity index (χ1n) is 7.99. The van der Waals surface area contributed by atoms with E-state index in [1.54, 1.807) is 6.92 Å². The number of amides is 1. The number of carbonyl (C=O) groups excluding carboxylic acids is 1. The molecule has 0 saturated carbocycles. The van der Waals surface area contributed by atoms with Gasteiger partial charge < -0.3 is 10.2 Å². The third kappa shape index (κ3) is 3.35. The van der Waals surface area contributed by atoms with E-state index >= 15 is 0 Å². The smallest absolute Gasteiger partial charge is 0.219 e. The second kappa shape index (κ2) is 6.44. The molecule has 0 atom stereocenters. The first-order chi connectivity index (χ1) is 10.2. The first kappa shape index (κ1) is 14.3. The zero-order valence-corrected chi connectivity index (χ0v) is 12.8. The van der Waals surface area contributed by atoms with Gasteiger partial charge in [-0.3, -0.25) is 4.79 Å². The maximum absolute atomic E-state index is 11.4.